The molecule has 0 aliphatic carbocycles. The van der Waals surface area contributed by atoms with E-state index in [-0.39, 0.29) is 12.0 Å². The molecule has 1 aliphatic heterocycles. The van der Waals surface area contributed by atoms with Crippen LogP contribution in [0.1, 0.15) is 28.0 Å². The number of hydrogen-bond acceptors (Lipinski definition) is 5. The molecule has 3 heterocycles. The molecule has 1 aliphatic rings. The third-order valence-electron chi connectivity index (χ3n) is 4.43. The molecular formula is C17H18N4O3. The summed E-state index contributed by atoms with van der Waals surface area (Å²) in [5.41, 5.74) is 1.61. The standard InChI is InChI=1S/C17H18N4O3/c1-11-12-5-3-4-6-13(12)24-15(11)17(22)21-7-8-23-14(9-21)16-19-18-10-20(16)2/h3-6,10,14H,7-9H2,1-2H3/t14-/m0/s1. The lowest BCUT2D eigenvalue weighted by Crippen LogP contribution is -2.43. The van der Waals surface area contributed by atoms with Gasteiger partial charge in [-0.2, -0.15) is 0 Å². The molecule has 1 aromatic carbocycles. The van der Waals surface area contributed by atoms with Gasteiger partial charge in [-0.1, -0.05) is 18.2 Å². The number of carbonyl (C=O) groups is 1. The molecule has 0 N–H and O–H groups in total. The average molecular weight is 326 g/mol. The number of furan rings is 1. The average Bonchev–Trinajstić information content (AvgIpc) is 3.18. The van der Waals surface area contributed by atoms with Gasteiger partial charge in [-0.25, -0.2) is 0 Å². The molecule has 0 radical (unpaired) electrons. The summed E-state index contributed by atoms with van der Waals surface area (Å²) in [6.45, 7) is 3.34. The van der Waals surface area contributed by atoms with E-state index in [4.69, 9.17) is 9.15 Å². The number of aryl methyl sites for hydroxylation is 2. The Morgan fingerprint density at radius 3 is 2.92 bits per heavy atom. The largest absolute Gasteiger partial charge is 0.451 e. The van der Waals surface area contributed by atoms with E-state index in [1.165, 1.54) is 0 Å². The van der Waals surface area contributed by atoms with Gasteiger partial charge in [0.05, 0.1) is 13.2 Å². The first-order valence-electron chi connectivity index (χ1n) is 7.88. The summed E-state index contributed by atoms with van der Waals surface area (Å²) in [5.74, 6) is 1.00. The number of morpholine rings is 1. The van der Waals surface area contributed by atoms with Crippen molar-refractivity contribution < 1.29 is 13.9 Å². The molecule has 1 fully saturated rings. The quantitative estimate of drug-likeness (QED) is 0.721. The Morgan fingerprint density at radius 2 is 2.17 bits per heavy atom. The van der Waals surface area contributed by atoms with Crippen LogP contribution in [-0.4, -0.2) is 45.3 Å². The van der Waals surface area contributed by atoms with Crippen LogP contribution in [0.2, 0.25) is 0 Å². The first-order valence-corrected chi connectivity index (χ1v) is 7.88. The van der Waals surface area contributed by atoms with Crippen LogP contribution < -0.4 is 0 Å². The molecule has 0 spiro atoms. The van der Waals surface area contributed by atoms with Gasteiger partial charge in [-0.05, 0) is 13.0 Å². The highest BCUT2D eigenvalue weighted by Gasteiger charge is 2.31. The number of rotatable bonds is 2. The molecule has 1 saturated heterocycles. The van der Waals surface area contributed by atoms with E-state index < -0.39 is 0 Å². The minimum atomic E-state index is -0.278. The highest BCUT2D eigenvalue weighted by molar-refractivity contribution is 5.98. The smallest absolute Gasteiger partial charge is 0.290 e. The molecule has 1 amide bonds. The monoisotopic (exact) mass is 326 g/mol. The molecule has 4 rings (SSSR count). The van der Waals surface area contributed by atoms with Crippen molar-refractivity contribution in [2.75, 3.05) is 19.7 Å². The van der Waals surface area contributed by atoms with E-state index in [1.807, 2.05) is 42.8 Å². The van der Waals surface area contributed by atoms with Crippen molar-refractivity contribution in [2.45, 2.75) is 13.0 Å². The van der Waals surface area contributed by atoms with E-state index in [1.54, 1.807) is 11.2 Å². The van der Waals surface area contributed by atoms with Gasteiger partial charge < -0.3 is 18.6 Å². The SMILES string of the molecule is Cc1c(C(=O)N2CCO[C@H](c3nncn3C)C2)oc2ccccc12. The molecule has 1 atom stereocenters. The molecule has 24 heavy (non-hydrogen) atoms. The van der Waals surface area contributed by atoms with Crippen LogP contribution in [-0.2, 0) is 11.8 Å². The number of nitrogens with zero attached hydrogens (tertiary/aromatic N) is 4. The molecule has 2 aromatic heterocycles. The van der Waals surface area contributed by atoms with Crippen molar-refractivity contribution in [3.05, 3.63) is 47.7 Å². The van der Waals surface area contributed by atoms with Gasteiger partial charge >= 0.3 is 0 Å². The summed E-state index contributed by atoms with van der Waals surface area (Å²) in [4.78, 5) is 14.7. The van der Waals surface area contributed by atoms with Gasteiger partial charge in [0.1, 0.15) is 18.0 Å². The maximum atomic E-state index is 12.9. The Bertz CT molecular complexity index is 898. The fraction of sp³-hybridized carbons (Fsp3) is 0.353. The summed E-state index contributed by atoms with van der Waals surface area (Å²) in [5, 5.41) is 8.93. The number of aromatic nitrogens is 3. The van der Waals surface area contributed by atoms with Gasteiger partial charge in [0.15, 0.2) is 11.6 Å². The Morgan fingerprint density at radius 1 is 1.33 bits per heavy atom. The number of para-hydroxylation sites is 1. The second kappa shape index (κ2) is 5.76. The third kappa shape index (κ3) is 2.37. The lowest BCUT2D eigenvalue weighted by atomic mass is 10.1. The van der Waals surface area contributed by atoms with E-state index in [2.05, 4.69) is 10.2 Å². The molecule has 124 valence electrons. The van der Waals surface area contributed by atoms with Crippen LogP contribution >= 0.6 is 0 Å². The van der Waals surface area contributed by atoms with Crippen LogP contribution in [0.4, 0.5) is 0 Å². The van der Waals surface area contributed by atoms with E-state index in [0.717, 1.165) is 16.5 Å². The first-order chi connectivity index (χ1) is 11.6. The Kier molecular flexibility index (Phi) is 3.57. The van der Waals surface area contributed by atoms with Crippen LogP contribution in [0.3, 0.4) is 0 Å². The molecule has 0 unspecified atom stereocenters. The minimum absolute atomic E-state index is 0.112. The lowest BCUT2D eigenvalue weighted by molar-refractivity contribution is -0.0289. The summed E-state index contributed by atoms with van der Waals surface area (Å²) in [6.07, 6.45) is 1.35. The van der Waals surface area contributed by atoms with Crippen LogP contribution in [0, 0.1) is 6.92 Å². The Hall–Kier alpha value is -2.67. The van der Waals surface area contributed by atoms with Gasteiger partial charge in [-0.15, -0.1) is 10.2 Å². The predicted octanol–water partition coefficient (Wildman–Crippen LogP) is 2.08. The molecule has 7 nitrogen and oxygen atoms in total. The highest BCUT2D eigenvalue weighted by atomic mass is 16.5. The van der Waals surface area contributed by atoms with Crippen molar-refractivity contribution in [1.82, 2.24) is 19.7 Å². The topological polar surface area (TPSA) is 73.4 Å². The molecule has 7 heteroatoms. The zero-order chi connectivity index (χ0) is 16.7. The van der Waals surface area contributed by atoms with Crippen LogP contribution in [0.15, 0.2) is 35.0 Å². The summed E-state index contributed by atoms with van der Waals surface area (Å²) in [6, 6.07) is 7.68. The maximum absolute atomic E-state index is 12.9. The van der Waals surface area contributed by atoms with Crippen molar-refractivity contribution in [2.24, 2.45) is 7.05 Å². The van der Waals surface area contributed by atoms with E-state index >= 15 is 0 Å². The second-order valence-electron chi connectivity index (χ2n) is 5.96. The first kappa shape index (κ1) is 14.9. The third-order valence-corrected chi connectivity index (χ3v) is 4.43. The zero-order valence-electron chi connectivity index (χ0n) is 13.6. The van der Waals surface area contributed by atoms with E-state index in [0.29, 0.717) is 31.3 Å². The Labute approximate surface area is 138 Å². The number of benzene rings is 1. The van der Waals surface area contributed by atoms with Gasteiger partial charge in [0.2, 0.25) is 0 Å². The number of amides is 1. The highest BCUT2D eigenvalue weighted by Crippen LogP contribution is 2.28. The maximum Gasteiger partial charge on any atom is 0.290 e. The van der Waals surface area contributed by atoms with Crippen LogP contribution in [0.5, 0.6) is 0 Å². The van der Waals surface area contributed by atoms with Crippen LogP contribution in [0.25, 0.3) is 11.0 Å². The van der Waals surface area contributed by atoms with E-state index in [9.17, 15) is 4.79 Å². The fourth-order valence-electron chi connectivity index (χ4n) is 3.10. The van der Waals surface area contributed by atoms with Crippen molar-refractivity contribution in [1.29, 1.82) is 0 Å². The van der Waals surface area contributed by atoms with Crippen molar-refractivity contribution in [3.8, 4) is 0 Å². The molecule has 0 bridgehead atoms. The fourth-order valence-corrected chi connectivity index (χ4v) is 3.10. The molecule has 0 saturated carbocycles. The number of ether oxygens (including phenoxy) is 1. The lowest BCUT2D eigenvalue weighted by Gasteiger charge is -2.31. The predicted molar refractivity (Wildman–Crippen MR) is 86.6 cm³/mol. The zero-order valence-corrected chi connectivity index (χ0v) is 13.6. The summed E-state index contributed by atoms with van der Waals surface area (Å²) in [7, 11) is 1.86. The normalized spacial score (nSPS) is 18.2. The number of carbonyl (C=O) groups excluding carboxylic acids is 1. The minimum Gasteiger partial charge on any atom is -0.451 e. The number of fused-ring (bicyclic) bond motifs is 1. The second-order valence-corrected chi connectivity index (χ2v) is 5.96. The summed E-state index contributed by atoms with van der Waals surface area (Å²) < 4.78 is 13.4. The van der Waals surface area contributed by atoms with Crippen molar-refractivity contribution >= 4 is 16.9 Å². The van der Waals surface area contributed by atoms with Gasteiger partial charge in [0, 0.05) is 24.5 Å². The number of hydrogen-bond donors (Lipinski definition) is 0. The molecular weight excluding hydrogens is 308 g/mol. The molecule has 3 aromatic rings. The van der Waals surface area contributed by atoms with Crippen molar-refractivity contribution in [3.63, 3.8) is 0 Å². The van der Waals surface area contributed by atoms with Gasteiger partial charge in [-0.3, -0.25) is 4.79 Å². The summed E-state index contributed by atoms with van der Waals surface area (Å²) >= 11 is 0. The van der Waals surface area contributed by atoms with Gasteiger partial charge in [0.25, 0.3) is 5.91 Å². The Balaban J connectivity index is 1.61.